The molecular weight excluding hydrogens is 220 g/mol. The van der Waals surface area contributed by atoms with Gasteiger partial charge in [-0.3, -0.25) is 14.3 Å². The van der Waals surface area contributed by atoms with Crippen LogP contribution >= 0.6 is 0 Å². The van der Waals surface area contributed by atoms with Crippen molar-refractivity contribution in [1.29, 1.82) is 0 Å². The smallest absolute Gasteiger partial charge is 0.257 e. The van der Waals surface area contributed by atoms with Gasteiger partial charge in [0, 0.05) is 26.3 Å². The standard InChI is InChI=1S/C11H16N4O2/c1-11(2)10(17)12-4-5-15(11)9(16)8-6-13-14(3)7-8/h6-7H,4-5H2,1-3H3,(H,12,17). The van der Waals surface area contributed by atoms with Crippen LogP contribution < -0.4 is 5.32 Å². The molecular formula is C11H16N4O2. The highest BCUT2D eigenvalue weighted by Crippen LogP contribution is 2.20. The molecule has 0 aliphatic carbocycles. The highest BCUT2D eigenvalue weighted by Gasteiger charge is 2.40. The quantitative estimate of drug-likeness (QED) is 0.732. The Kier molecular flexibility index (Phi) is 2.65. The zero-order chi connectivity index (χ0) is 12.6. The van der Waals surface area contributed by atoms with E-state index < -0.39 is 5.54 Å². The molecule has 2 heterocycles. The Morgan fingerprint density at radius 2 is 2.24 bits per heavy atom. The molecule has 2 rings (SSSR count). The molecule has 2 amide bonds. The van der Waals surface area contributed by atoms with Gasteiger partial charge in [0.1, 0.15) is 5.54 Å². The van der Waals surface area contributed by atoms with Gasteiger partial charge in [-0.15, -0.1) is 0 Å². The van der Waals surface area contributed by atoms with E-state index in [9.17, 15) is 9.59 Å². The molecule has 0 atom stereocenters. The van der Waals surface area contributed by atoms with Gasteiger partial charge in [0.15, 0.2) is 0 Å². The number of rotatable bonds is 1. The third kappa shape index (κ3) is 1.90. The van der Waals surface area contributed by atoms with Crippen LogP contribution in [0, 0.1) is 0 Å². The lowest BCUT2D eigenvalue weighted by Crippen LogP contribution is -2.63. The molecule has 0 unspecified atom stereocenters. The molecule has 1 saturated heterocycles. The summed E-state index contributed by atoms with van der Waals surface area (Å²) >= 11 is 0. The SMILES string of the molecule is Cn1cc(C(=O)N2CCNC(=O)C2(C)C)cn1. The number of amides is 2. The third-order valence-corrected chi connectivity index (χ3v) is 3.05. The molecule has 0 spiro atoms. The molecule has 1 aliphatic rings. The number of carbonyl (C=O) groups is 2. The third-order valence-electron chi connectivity index (χ3n) is 3.05. The van der Waals surface area contributed by atoms with Crippen LogP contribution in [-0.4, -0.2) is 45.1 Å². The largest absolute Gasteiger partial charge is 0.352 e. The Labute approximate surface area is 99.6 Å². The summed E-state index contributed by atoms with van der Waals surface area (Å²) in [6.45, 7) is 4.51. The summed E-state index contributed by atoms with van der Waals surface area (Å²) in [6, 6.07) is 0. The molecule has 1 aliphatic heterocycles. The maximum absolute atomic E-state index is 12.3. The average molecular weight is 236 g/mol. The number of nitrogens with zero attached hydrogens (tertiary/aromatic N) is 3. The van der Waals surface area contributed by atoms with E-state index in [1.54, 1.807) is 36.7 Å². The van der Waals surface area contributed by atoms with Crippen molar-refractivity contribution in [2.24, 2.45) is 7.05 Å². The second-order valence-corrected chi connectivity index (χ2v) is 4.67. The van der Waals surface area contributed by atoms with Crippen LogP contribution in [0.15, 0.2) is 12.4 Å². The molecule has 92 valence electrons. The van der Waals surface area contributed by atoms with Crippen molar-refractivity contribution < 1.29 is 9.59 Å². The van der Waals surface area contributed by atoms with Gasteiger partial charge in [0.25, 0.3) is 5.91 Å². The lowest BCUT2D eigenvalue weighted by Gasteiger charge is -2.40. The number of aryl methyl sites for hydroxylation is 1. The van der Waals surface area contributed by atoms with E-state index in [0.717, 1.165) is 0 Å². The van der Waals surface area contributed by atoms with Crippen LogP contribution in [-0.2, 0) is 11.8 Å². The van der Waals surface area contributed by atoms with Crippen molar-refractivity contribution in [2.45, 2.75) is 19.4 Å². The summed E-state index contributed by atoms with van der Waals surface area (Å²) in [5, 5.41) is 6.73. The van der Waals surface area contributed by atoms with Gasteiger partial charge in [-0.05, 0) is 13.8 Å². The minimum absolute atomic E-state index is 0.124. The fraction of sp³-hybridized carbons (Fsp3) is 0.545. The molecule has 1 aromatic heterocycles. The first-order chi connectivity index (χ1) is 7.93. The van der Waals surface area contributed by atoms with Crippen molar-refractivity contribution >= 4 is 11.8 Å². The van der Waals surface area contributed by atoms with Crippen molar-refractivity contribution in [3.63, 3.8) is 0 Å². The minimum atomic E-state index is -0.814. The van der Waals surface area contributed by atoms with E-state index in [1.165, 1.54) is 6.20 Å². The number of hydrogen-bond acceptors (Lipinski definition) is 3. The molecule has 0 bridgehead atoms. The topological polar surface area (TPSA) is 67.2 Å². The summed E-state index contributed by atoms with van der Waals surface area (Å²) < 4.78 is 1.57. The zero-order valence-corrected chi connectivity index (χ0v) is 10.2. The number of aromatic nitrogens is 2. The van der Waals surface area contributed by atoms with Crippen LogP contribution in [0.5, 0.6) is 0 Å². The summed E-state index contributed by atoms with van der Waals surface area (Å²) in [6.07, 6.45) is 3.18. The predicted molar refractivity (Wildman–Crippen MR) is 61.3 cm³/mol. The fourth-order valence-corrected chi connectivity index (χ4v) is 1.94. The van der Waals surface area contributed by atoms with Crippen LogP contribution in [0.1, 0.15) is 24.2 Å². The van der Waals surface area contributed by atoms with Crippen LogP contribution in [0.4, 0.5) is 0 Å². The van der Waals surface area contributed by atoms with E-state index in [-0.39, 0.29) is 11.8 Å². The van der Waals surface area contributed by atoms with E-state index in [1.807, 2.05) is 0 Å². The Bertz CT molecular complexity index is 464. The number of nitrogens with one attached hydrogen (secondary N) is 1. The van der Waals surface area contributed by atoms with Gasteiger partial charge in [0.2, 0.25) is 5.91 Å². The second-order valence-electron chi connectivity index (χ2n) is 4.67. The number of carbonyl (C=O) groups excluding carboxylic acids is 2. The van der Waals surface area contributed by atoms with Crippen LogP contribution in [0.2, 0.25) is 0 Å². The molecule has 6 nitrogen and oxygen atoms in total. The molecule has 1 fully saturated rings. The lowest BCUT2D eigenvalue weighted by atomic mass is 9.98. The van der Waals surface area contributed by atoms with Gasteiger partial charge in [-0.25, -0.2) is 0 Å². The molecule has 17 heavy (non-hydrogen) atoms. The minimum Gasteiger partial charge on any atom is -0.352 e. The maximum Gasteiger partial charge on any atom is 0.257 e. The normalized spacial score (nSPS) is 19.0. The summed E-state index contributed by atoms with van der Waals surface area (Å²) in [5.74, 6) is -0.279. The molecule has 0 aromatic carbocycles. The summed E-state index contributed by atoms with van der Waals surface area (Å²) in [5.41, 5.74) is -0.305. The van der Waals surface area contributed by atoms with E-state index in [4.69, 9.17) is 0 Å². The second kappa shape index (κ2) is 3.87. The molecule has 0 saturated carbocycles. The highest BCUT2D eigenvalue weighted by molar-refractivity contribution is 5.99. The van der Waals surface area contributed by atoms with E-state index in [2.05, 4.69) is 10.4 Å². The Morgan fingerprint density at radius 1 is 1.53 bits per heavy atom. The number of hydrogen-bond donors (Lipinski definition) is 1. The fourth-order valence-electron chi connectivity index (χ4n) is 1.94. The van der Waals surface area contributed by atoms with Crippen LogP contribution in [0.25, 0.3) is 0 Å². The first kappa shape index (κ1) is 11.6. The summed E-state index contributed by atoms with van der Waals surface area (Å²) in [7, 11) is 1.75. The van der Waals surface area contributed by atoms with Crippen molar-refractivity contribution in [2.75, 3.05) is 13.1 Å². The number of piperazine rings is 1. The predicted octanol–water partition coefficient (Wildman–Crippen LogP) is -0.229. The zero-order valence-electron chi connectivity index (χ0n) is 10.2. The molecule has 6 heteroatoms. The molecule has 1 N–H and O–H groups in total. The lowest BCUT2D eigenvalue weighted by molar-refractivity contribution is -0.133. The first-order valence-corrected chi connectivity index (χ1v) is 5.52. The molecule has 0 radical (unpaired) electrons. The average Bonchev–Trinajstić information content (AvgIpc) is 2.68. The van der Waals surface area contributed by atoms with Gasteiger partial charge in [-0.1, -0.05) is 0 Å². The Morgan fingerprint density at radius 3 is 2.82 bits per heavy atom. The highest BCUT2D eigenvalue weighted by atomic mass is 16.2. The van der Waals surface area contributed by atoms with Gasteiger partial charge in [-0.2, -0.15) is 5.10 Å². The maximum atomic E-state index is 12.3. The van der Waals surface area contributed by atoms with Gasteiger partial charge < -0.3 is 10.2 Å². The van der Waals surface area contributed by atoms with E-state index >= 15 is 0 Å². The molecule has 1 aromatic rings. The van der Waals surface area contributed by atoms with E-state index in [0.29, 0.717) is 18.7 Å². The van der Waals surface area contributed by atoms with Crippen LogP contribution in [0.3, 0.4) is 0 Å². The summed E-state index contributed by atoms with van der Waals surface area (Å²) in [4.78, 5) is 25.6. The van der Waals surface area contributed by atoms with Crippen molar-refractivity contribution in [3.05, 3.63) is 18.0 Å². The monoisotopic (exact) mass is 236 g/mol. The van der Waals surface area contributed by atoms with Crippen molar-refractivity contribution in [3.8, 4) is 0 Å². The van der Waals surface area contributed by atoms with Crippen molar-refractivity contribution in [1.82, 2.24) is 20.0 Å². The Balaban J connectivity index is 2.27. The Hall–Kier alpha value is -1.85. The van der Waals surface area contributed by atoms with Gasteiger partial charge in [0.05, 0.1) is 11.8 Å². The first-order valence-electron chi connectivity index (χ1n) is 5.52. The van der Waals surface area contributed by atoms with Gasteiger partial charge >= 0.3 is 0 Å².